The standard InChI is InChI=1S/C21H21NO8/c1-12-15(21(28)30-11-9-24)6-7-16-17(12)19(26)22(18(16)25)14-4-2-13(3-5-14)20(27)29-10-8-23/h2-7,12,17,23-24H,8-11H2,1H3. The van der Waals surface area contributed by atoms with E-state index in [1.165, 1.54) is 36.4 Å². The quantitative estimate of drug-likeness (QED) is 0.482. The van der Waals surface area contributed by atoms with Crippen molar-refractivity contribution >= 4 is 29.4 Å². The summed E-state index contributed by atoms with van der Waals surface area (Å²) in [4.78, 5) is 50.9. The van der Waals surface area contributed by atoms with E-state index in [1.807, 2.05) is 0 Å². The van der Waals surface area contributed by atoms with Crippen molar-refractivity contribution in [3.8, 4) is 0 Å². The Labute approximate surface area is 172 Å². The first kappa shape index (κ1) is 21.4. The highest BCUT2D eigenvalue weighted by Crippen LogP contribution is 2.40. The van der Waals surface area contributed by atoms with Crippen molar-refractivity contribution in [2.45, 2.75) is 6.92 Å². The number of hydrogen-bond acceptors (Lipinski definition) is 8. The largest absolute Gasteiger partial charge is 0.460 e. The minimum Gasteiger partial charge on any atom is -0.460 e. The van der Waals surface area contributed by atoms with Gasteiger partial charge in [0.1, 0.15) is 13.2 Å². The summed E-state index contributed by atoms with van der Waals surface area (Å²) >= 11 is 0. The van der Waals surface area contributed by atoms with Gasteiger partial charge in [0.25, 0.3) is 5.91 Å². The Bertz CT molecular complexity index is 931. The van der Waals surface area contributed by atoms with Crippen molar-refractivity contribution in [1.29, 1.82) is 0 Å². The average Bonchev–Trinajstić information content (AvgIpc) is 3.01. The van der Waals surface area contributed by atoms with Gasteiger partial charge in [-0.15, -0.1) is 0 Å². The van der Waals surface area contributed by atoms with E-state index in [0.29, 0.717) is 0 Å². The van der Waals surface area contributed by atoms with Crippen LogP contribution in [0.4, 0.5) is 5.69 Å². The van der Waals surface area contributed by atoms with Crippen molar-refractivity contribution in [1.82, 2.24) is 0 Å². The molecule has 0 bridgehead atoms. The highest BCUT2D eigenvalue weighted by molar-refractivity contribution is 6.30. The van der Waals surface area contributed by atoms with Crippen LogP contribution in [0, 0.1) is 11.8 Å². The van der Waals surface area contributed by atoms with Crippen molar-refractivity contribution in [2.24, 2.45) is 11.8 Å². The minimum absolute atomic E-state index is 0.131. The number of imide groups is 1. The molecule has 3 rings (SSSR count). The van der Waals surface area contributed by atoms with Crippen LogP contribution in [-0.4, -0.2) is 60.4 Å². The number of aliphatic hydroxyl groups is 2. The number of nitrogens with zero attached hydrogens (tertiary/aromatic N) is 1. The van der Waals surface area contributed by atoms with Gasteiger partial charge in [-0.05, 0) is 24.3 Å². The molecule has 2 N–H and O–H groups in total. The molecule has 2 aliphatic rings. The number of fused-ring (bicyclic) bond motifs is 1. The van der Waals surface area contributed by atoms with E-state index in [9.17, 15) is 19.2 Å². The summed E-state index contributed by atoms with van der Waals surface area (Å²) in [6, 6.07) is 5.76. The van der Waals surface area contributed by atoms with Gasteiger partial charge in [0.2, 0.25) is 5.91 Å². The van der Waals surface area contributed by atoms with E-state index in [0.717, 1.165) is 4.90 Å². The molecule has 2 atom stereocenters. The minimum atomic E-state index is -0.826. The Balaban J connectivity index is 1.80. The molecule has 9 heteroatoms. The summed E-state index contributed by atoms with van der Waals surface area (Å²) in [5.74, 6) is -3.65. The van der Waals surface area contributed by atoms with Crippen LogP contribution in [0.1, 0.15) is 17.3 Å². The molecule has 2 unspecified atom stereocenters. The zero-order valence-corrected chi connectivity index (χ0v) is 16.2. The molecule has 0 radical (unpaired) electrons. The number of benzene rings is 1. The zero-order chi connectivity index (χ0) is 21.8. The topological polar surface area (TPSA) is 130 Å². The van der Waals surface area contributed by atoms with Crippen LogP contribution in [0.3, 0.4) is 0 Å². The van der Waals surface area contributed by atoms with E-state index in [2.05, 4.69) is 0 Å². The van der Waals surface area contributed by atoms with Crippen molar-refractivity contribution in [2.75, 3.05) is 31.3 Å². The highest BCUT2D eigenvalue weighted by atomic mass is 16.5. The molecular weight excluding hydrogens is 394 g/mol. The number of esters is 2. The van der Waals surface area contributed by atoms with Crippen LogP contribution in [0.25, 0.3) is 0 Å². The van der Waals surface area contributed by atoms with Gasteiger partial charge in [0.15, 0.2) is 0 Å². The molecule has 0 saturated carbocycles. The van der Waals surface area contributed by atoms with E-state index >= 15 is 0 Å². The maximum Gasteiger partial charge on any atom is 0.338 e. The number of amides is 2. The van der Waals surface area contributed by atoms with Gasteiger partial charge in [-0.3, -0.25) is 9.59 Å². The zero-order valence-electron chi connectivity index (χ0n) is 16.2. The number of rotatable bonds is 7. The molecule has 2 amide bonds. The third kappa shape index (κ3) is 3.89. The normalized spacial score (nSPS) is 20.4. The second kappa shape index (κ2) is 9.02. The first-order valence-corrected chi connectivity index (χ1v) is 9.36. The van der Waals surface area contributed by atoms with Gasteiger partial charge >= 0.3 is 11.9 Å². The van der Waals surface area contributed by atoms with E-state index in [4.69, 9.17) is 19.7 Å². The molecule has 1 aliphatic carbocycles. The molecule has 9 nitrogen and oxygen atoms in total. The summed E-state index contributed by atoms with van der Waals surface area (Å²) in [6.07, 6.45) is 2.91. The molecule has 1 heterocycles. The fraction of sp³-hybridized carbons (Fsp3) is 0.333. The summed E-state index contributed by atoms with van der Waals surface area (Å²) < 4.78 is 9.76. The number of ether oxygens (including phenoxy) is 2. The molecule has 1 aromatic carbocycles. The summed E-state index contributed by atoms with van der Waals surface area (Å²) in [5.41, 5.74) is 1.03. The SMILES string of the molecule is CC1C(C(=O)OCCO)=CC=C2C(=O)N(c3ccc(C(=O)OCCO)cc3)C(=O)C21. The third-order valence-corrected chi connectivity index (χ3v) is 4.95. The second-order valence-electron chi connectivity index (χ2n) is 6.76. The maximum absolute atomic E-state index is 13.0. The number of anilines is 1. The Morgan fingerprint density at radius 3 is 2.17 bits per heavy atom. The van der Waals surface area contributed by atoms with Crippen LogP contribution < -0.4 is 4.90 Å². The fourth-order valence-corrected chi connectivity index (χ4v) is 3.49. The molecule has 1 fully saturated rings. The average molecular weight is 415 g/mol. The Hall–Kier alpha value is -3.30. The molecular formula is C21H21NO8. The molecule has 30 heavy (non-hydrogen) atoms. The van der Waals surface area contributed by atoms with Crippen LogP contribution >= 0.6 is 0 Å². The number of carbonyl (C=O) groups excluding carboxylic acids is 4. The Morgan fingerprint density at radius 2 is 1.57 bits per heavy atom. The van der Waals surface area contributed by atoms with Gasteiger partial charge < -0.3 is 19.7 Å². The molecule has 1 aromatic rings. The number of carbonyl (C=O) groups is 4. The van der Waals surface area contributed by atoms with Gasteiger partial charge in [0, 0.05) is 17.1 Å². The molecule has 0 spiro atoms. The lowest BCUT2D eigenvalue weighted by molar-refractivity contribution is -0.140. The number of allylic oxidation sites excluding steroid dienone is 2. The van der Waals surface area contributed by atoms with Gasteiger partial charge in [-0.1, -0.05) is 19.1 Å². The Morgan fingerprint density at radius 1 is 0.967 bits per heavy atom. The van der Waals surface area contributed by atoms with Crippen molar-refractivity contribution in [3.63, 3.8) is 0 Å². The second-order valence-corrected chi connectivity index (χ2v) is 6.76. The highest BCUT2D eigenvalue weighted by Gasteiger charge is 2.49. The first-order valence-electron chi connectivity index (χ1n) is 9.36. The lowest BCUT2D eigenvalue weighted by Crippen LogP contribution is -2.33. The fourth-order valence-electron chi connectivity index (χ4n) is 3.49. The summed E-state index contributed by atoms with van der Waals surface area (Å²) in [7, 11) is 0. The van der Waals surface area contributed by atoms with E-state index in [1.54, 1.807) is 6.92 Å². The monoisotopic (exact) mass is 415 g/mol. The van der Waals surface area contributed by atoms with Crippen LogP contribution in [-0.2, 0) is 23.9 Å². The first-order chi connectivity index (χ1) is 14.4. The van der Waals surface area contributed by atoms with Crippen LogP contribution in [0.2, 0.25) is 0 Å². The number of hydrogen-bond donors (Lipinski definition) is 2. The maximum atomic E-state index is 13.0. The predicted octanol–water partition coefficient (Wildman–Crippen LogP) is 0.363. The van der Waals surface area contributed by atoms with Crippen molar-refractivity contribution < 1.29 is 38.9 Å². The molecule has 158 valence electrons. The summed E-state index contributed by atoms with van der Waals surface area (Å²) in [5, 5.41) is 17.5. The van der Waals surface area contributed by atoms with Crippen LogP contribution in [0.5, 0.6) is 0 Å². The number of aliphatic hydroxyl groups excluding tert-OH is 2. The molecule has 0 aromatic heterocycles. The molecule has 1 aliphatic heterocycles. The summed E-state index contributed by atoms with van der Waals surface area (Å²) in [6.45, 7) is 0.772. The van der Waals surface area contributed by atoms with Gasteiger partial charge in [0.05, 0.1) is 30.4 Å². The smallest absolute Gasteiger partial charge is 0.338 e. The molecule has 1 saturated heterocycles. The third-order valence-electron chi connectivity index (χ3n) is 4.95. The van der Waals surface area contributed by atoms with Crippen LogP contribution in [0.15, 0.2) is 47.6 Å². The van der Waals surface area contributed by atoms with E-state index in [-0.39, 0.29) is 48.8 Å². The predicted molar refractivity (Wildman–Crippen MR) is 103 cm³/mol. The van der Waals surface area contributed by atoms with Crippen molar-refractivity contribution in [3.05, 3.63) is 53.1 Å². The lowest BCUT2D eigenvalue weighted by atomic mass is 9.79. The lowest BCUT2D eigenvalue weighted by Gasteiger charge is -2.23. The van der Waals surface area contributed by atoms with Gasteiger partial charge in [-0.25, -0.2) is 14.5 Å². The van der Waals surface area contributed by atoms with Gasteiger partial charge in [-0.2, -0.15) is 0 Å². The van der Waals surface area contributed by atoms with E-state index < -0.39 is 35.6 Å². The Kier molecular flexibility index (Phi) is 6.43.